The SMILES string of the molecule is CCCCNc1ccc(CCCC)cc1. The van der Waals surface area contributed by atoms with Gasteiger partial charge in [0.25, 0.3) is 0 Å². The van der Waals surface area contributed by atoms with Crippen molar-refractivity contribution in [2.45, 2.75) is 46.0 Å². The maximum Gasteiger partial charge on any atom is 0.0340 e. The molecule has 0 aromatic heterocycles. The minimum atomic E-state index is 1.09. The Kier molecular flexibility index (Phi) is 5.91. The standard InChI is InChI=1S/C14H23N/c1-3-5-7-13-8-10-14(11-9-13)15-12-6-4-2/h8-11,15H,3-7,12H2,1-2H3. The Labute approximate surface area is 93.9 Å². The highest BCUT2D eigenvalue weighted by Crippen LogP contribution is 2.11. The Morgan fingerprint density at radius 1 is 0.933 bits per heavy atom. The summed E-state index contributed by atoms with van der Waals surface area (Å²) < 4.78 is 0. The van der Waals surface area contributed by atoms with E-state index >= 15 is 0 Å². The summed E-state index contributed by atoms with van der Waals surface area (Å²) in [6.45, 7) is 5.54. The third-order valence-corrected chi connectivity index (χ3v) is 2.63. The second kappa shape index (κ2) is 7.33. The van der Waals surface area contributed by atoms with Crippen molar-refractivity contribution in [3.8, 4) is 0 Å². The van der Waals surface area contributed by atoms with Gasteiger partial charge in [-0.1, -0.05) is 38.8 Å². The zero-order chi connectivity index (χ0) is 10.9. The van der Waals surface area contributed by atoms with Crippen LogP contribution in [0.2, 0.25) is 0 Å². The smallest absolute Gasteiger partial charge is 0.0340 e. The van der Waals surface area contributed by atoms with Crippen molar-refractivity contribution < 1.29 is 0 Å². The van der Waals surface area contributed by atoms with Crippen LogP contribution in [0.1, 0.15) is 45.1 Å². The number of nitrogens with one attached hydrogen (secondary N) is 1. The van der Waals surface area contributed by atoms with Gasteiger partial charge in [-0.05, 0) is 37.0 Å². The van der Waals surface area contributed by atoms with Crippen LogP contribution in [-0.4, -0.2) is 6.54 Å². The lowest BCUT2D eigenvalue weighted by Crippen LogP contribution is -2.00. The zero-order valence-corrected chi connectivity index (χ0v) is 10.1. The summed E-state index contributed by atoms with van der Waals surface area (Å²) in [5, 5.41) is 3.43. The van der Waals surface area contributed by atoms with E-state index in [-0.39, 0.29) is 0 Å². The molecule has 0 amide bonds. The Balaban J connectivity index is 2.35. The van der Waals surface area contributed by atoms with Gasteiger partial charge in [0.05, 0.1) is 0 Å². The molecule has 0 saturated carbocycles. The largest absolute Gasteiger partial charge is 0.385 e. The molecule has 0 fully saturated rings. The zero-order valence-electron chi connectivity index (χ0n) is 10.1. The Morgan fingerprint density at radius 3 is 2.20 bits per heavy atom. The average molecular weight is 205 g/mol. The van der Waals surface area contributed by atoms with Crippen molar-refractivity contribution in [2.24, 2.45) is 0 Å². The van der Waals surface area contributed by atoms with E-state index in [1.807, 2.05) is 0 Å². The van der Waals surface area contributed by atoms with Gasteiger partial charge in [0.1, 0.15) is 0 Å². The van der Waals surface area contributed by atoms with Gasteiger partial charge in [0.15, 0.2) is 0 Å². The molecule has 1 heteroatoms. The summed E-state index contributed by atoms with van der Waals surface area (Å²) in [5.74, 6) is 0. The first-order valence-corrected chi connectivity index (χ1v) is 6.19. The monoisotopic (exact) mass is 205 g/mol. The molecule has 1 aromatic carbocycles. The topological polar surface area (TPSA) is 12.0 Å². The van der Waals surface area contributed by atoms with E-state index < -0.39 is 0 Å². The van der Waals surface area contributed by atoms with E-state index in [0.717, 1.165) is 6.54 Å². The fourth-order valence-corrected chi connectivity index (χ4v) is 1.58. The maximum absolute atomic E-state index is 3.43. The lowest BCUT2D eigenvalue weighted by Gasteiger charge is -2.06. The molecule has 0 aliphatic rings. The third kappa shape index (κ3) is 4.87. The molecule has 0 heterocycles. The van der Waals surface area contributed by atoms with E-state index in [4.69, 9.17) is 0 Å². The van der Waals surface area contributed by atoms with Crippen LogP contribution in [-0.2, 0) is 6.42 Å². The van der Waals surface area contributed by atoms with Gasteiger partial charge >= 0.3 is 0 Å². The van der Waals surface area contributed by atoms with E-state index in [2.05, 4.69) is 43.4 Å². The van der Waals surface area contributed by atoms with Crippen molar-refractivity contribution in [1.29, 1.82) is 0 Å². The summed E-state index contributed by atoms with van der Waals surface area (Å²) in [5.41, 5.74) is 2.71. The van der Waals surface area contributed by atoms with Crippen LogP contribution < -0.4 is 5.32 Å². The minimum absolute atomic E-state index is 1.09. The Morgan fingerprint density at radius 2 is 1.60 bits per heavy atom. The van der Waals surface area contributed by atoms with Crippen molar-refractivity contribution in [3.05, 3.63) is 29.8 Å². The van der Waals surface area contributed by atoms with Crippen LogP contribution in [0.3, 0.4) is 0 Å². The number of benzene rings is 1. The molecule has 1 aromatic rings. The van der Waals surface area contributed by atoms with Gasteiger partial charge in [-0.25, -0.2) is 0 Å². The molecule has 84 valence electrons. The predicted octanol–water partition coefficient (Wildman–Crippen LogP) is 4.24. The number of rotatable bonds is 7. The summed E-state index contributed by atoms with van der Waals surface area (Å²) in [6.07, 6.45) is 6.28. The molecule has 0 aliphatic carbocycles. The van der Waals surface area contributed by atoms with Gasteiger partial charge in [-0.3, -0.25) is 0 Å². The maximum atomic E-state index is 3.43. The van der Waals surface area contributed by atoms with Gasteiger partial charge < -0.3 is 5.32 Å². The van der Waals surface area contributed by atoms with Crippen LogP contribution in [0.5, 0.6) is 0 Å². The first-order chi connectivity index (χ1) is 7.36. The molecule has 1 rings (SSSR count). The molecule has 0 spiro atoms. The van der Waals surface area contributed by atoms with Crippen LogP contribution in [0.25, 0.3) is 0 Å². The highest BCUT2D eigenvalue weighted by molar-refractivity contribution is 5.44. The van der Waals surface area contributed by atoms with Gasteiger partial charge in [-0.2, -0.15) is 0 Å². The molecule has 0 bridgehead atoms. The molecule has 1 nitrogen and oxygen atoms in total. The lowest BCUT2D eigenvalue weighted by molar-refractivity contribution is 0.795. The van der Waals surface area contributed by atoms with E-state index in [1.54, 1.807) is 0 Å². The summed E-state index contributed by atoms with van der Waals surface area (Å²) in [4.78, 5) is 0. The predicted molar refractivity (Wildman–Crippen MR) is 68.5 cm³/mol. The molecular weight excluding hydrogens is 182 g/mol. The molecule has 1 N–H and O–H groups in total. The molecule has 0 atom stereocenters. The quantitative estimate of drug-likeness (QED) is 0.656. The molecule has 0 radical (unpaired) electrons. The van der Waals surface area contributed by atoms with Crippen molar-refractivity contribution in [1.82, 2.24) is 0 Å². The van der Waals surface area contributed by atoms with Crippen LogP contribution >= 0.6 is 0 Å². The highest BCUT2D eigenvalue weighted by Gasteiger charge is 1.93. The molecule has 0 unspecified atom stereocenters. The van der Waals surface area contributed by atoms with Gasteiger partial charge in [0.2, 0.25) is 0 Å². The summed E-state index contributed by atoms with van der Waals surface area (Å²) in [6, 6.07) is 8.87. The summed E-state index contributed by atoms with van der Waals surface area (Å²) in [7, 11) is 0. The third-order valence-electron chi connectivity index (χ3n) is 2.63. The van der Waals surface area contributed by atoms with E-state index in [1.165, 1.54) is 43.4 Å². The molecule has 0 aliphatic heterocycles. The van der Waals surface area contributed by atoms with Crippen LogP contribution in [0.4, 0.5) is 5.69 Å². The average Bonchev–Trinajstić information content (AvgIpc) is 2.28. The summed E-state index contributed by atoms with van der Waals surface area (Å²) >= 11 is 0. The van der Waals surface area contributed by atoms with Gasteiger partial charge in [-0.15, -0.1) is 0 Å². The second-order valence-corrected chi connectivity index (χ2v) is 4.08. The van der Waals surface area contributed by atoms with E-state index in [0.29, 0.717) is 0 Å². The van der Waals surface area contributed by atoms with Crippen molar-refractivity contribution in [3.63, 3.8) is 0 Å². The number of aryl methyl sites for hydroxylation is 1. The lowest BCUT2D eigenvalue weighted by atomic mass is 10.1. The highest BCUT2D eigenvalue weighted by atomic mass is 14.9. The first kappa shape index (κ1) is 12.1. The fourth-order valence-electron chi connectivity index (χ4n) is 1.58. The van der Waals surface area contributed by atoms with Gasteiger partial charge in [0, 0.05) is 12.2 Å². The van der Waals surface area contributed by atoms with Crippen molar-refractivity contribution >= 4 is 5.69 Å². The van der Waals surface area contributed by atoms with Crippen LogP contribution in [0.15, 0.2) is 24.3 Å². The first-order valence-electron chi connectivity index (χ1n) is 6.19. The number of anilines is 1. The van der Waals surface area contributed by atoms with Crippen molar-refractivity contribution in [2.75, 3.05) is 11.9 Å². The normalized spacial score (nSPS) is 10.3. The fraction of sp³-hybridized carbons (Fsp3) is 0.571. The second-order valence-electron chi connectivity index (χ2n) is 4.08. The van der Waals surface area contributed by atoms with Crippen LogP contribution in [0, 0.1) is 0 Å². The number of unbranched alkanes of at least 4 members (excludes halogenated alkanes) is 2. The van der Waals surface area contributed by atoms with E-state index in [9.17, 15) is 0 Å². The molecule has 15 heavy (non-hydrogen) atoms. The number of hydrogen-bond acceptors (Lipinski definition) is 1. The number of hydrogen-bond donors (Lipinski definition) is 1. The Hall–Kier alpha value is -0.980. The molecule has 0 saturated heterocycles. The molecular formula is C14H23N. The Bertz CT molecular complexity index is 251. The minimum Gasteiger partial charge on any atom is -0.385 e.